The Kier molecular flexibility index (Phi) is 5.45. The van der Waals surface area contributed by atoms with Crippen LogP contribution in [0.15, 0.2) is 51.5 Å². The minimum Gasteiger partial charge on any atom is -0.467 e. The maximum absolute atomic E-state index is 12.6. The van der Waals surface area contributed by atoms with Gasteiger partial charge in [0.05, 0.1) is 18.7 Å². The van der Waals surface area contributed by atoms with Crippen molar-refractivity contribution in [2.24, 2.45) is 5.92 Å². The number of hydrogen-bond acceptors (Lipinski definition) is 6. The molecule has 2 aromatic heterocycles. The number of oxazole rings is 1. The fraction of sp³-hybridized carbons (Fsp3) is 0.478. The number of nitrogens with zero attached hydrogens (tertiary/aromatic N) is 3. The number of nitrogens with one attached hydrogen (secondary N) is 1. The Balaban J connectivity index is 1.14. The molecule has 30 heavy (non-hydrogen) atoms. The van der Waals surface area contributed by atoms with Crippen molar-refractivity contribution in [1.29, 1.82) is 0 Å². The number of amides is 1. The van der Waals surface area contributed by atoms with Gasteiger partial charge in [0.25, 0.3) is 6.01 Å². The Morgan fingerprint density at radius 1 is 1.10 bits per heavy atom. The van der Waals surface area contributed by atoms with E-state index in [0.717, 1.165) is 74.7 Å². The molecule has 1 amide bonds. The minimum absolute atomic E-state index is 0.0591. The Morgan fingerprint density at radius 3 is 2.77 bits per heavy atom. The number of hydrogen-bond donors (Lipinski definition) is 1. The van der Waals surface area contributed by atoms with Crippen LogP contribution in [0.1, 0.15) is 31.4 Å². The molecule has 4 heterocycles. The van der Waals surface area contributed by atoms with E-state index in [1.54, 1.807) is 6.26 Å². The van der Waals surface area contributed by atoms with Crippen LogP contribution in [0.2, 0.25) is 0 Å². The maximum atomic E-state index is 12.6. The lowest BCUT2D eigenvalue weighted by Crippen LogP contribution is -2.50. The van der Waals surface area contributed by atoms with Crippen molar-refractivity contribution in [3.05, 3.63) is 48.4 Å². The molecule has 2 aliphatic rings. The third kappa shape index (κ3) is 4.07. The van der Waals surface area contributed by atoms with E-state index in [0.29, 0.717) is 12.6 Å². The summed E-state index contributed by atoms with van der Waals surface area (Å²) in [4.78, 5) is 22.0. The second-order valence-corrected chi connectivity index (χ2v) is 8.31. The highest BCUT2D eigenvalue weighted by Crippen LogP contribution is 2.28. The van der Waals surface area contributed by atoms with Crippen molar-refractivity contribution >= 4 is 23.0 Å². The normalized spacial score (nSPS) is 21.2. The summed E-state index contributed by atoms with van der Waals surface area (Å²) < 4.78 is 11.2. The number of carbonyl (C=O) groups excluding carboxylic acids is 1. The molecule has 0 radical (unpaired) electrons. The number of fused-ring (bicyclic) bond motifs is 1. The van der Waals surface area contributed by atoms with Crippen LogP contribution in [-0.4, -0.2) is 48.0 Å². The number of para-hydroxylation sites is 2. The Hall–Kier alpha value is -2.80. The third-order valence-corrected chi connectivity index (χ3v) is 6.37. The molecule has 7 heteroatoms. The Bertz CT molecular complexity index is 942. The third-order valence-electron chi connectivity index (χ3n) is 6.37. The molecule has 0 spiro atoms. The van der Waals surface area contributed by atoms with Crippen LogP contribution in [0.4, 0.5) is 6.01 Å². The highest BCUT2D eigenvalue weighted by atomic mass is 16.4. The van der Waals surface area contributed by atoms with Gasteiger partial charge in [-0.15, -0.1) is 0 Å². The standard InChI is InChI=1S/C23H28N4O3/c28-22(24-15-19-6-4-14-29-19)17-5-3-11-27(16-17)18-9-12-26(13-10-18)23-25-20-7-1-2-8-21(20)30-23/h1-2,4,6-8,14,17-18H,3,5,9-13,15-16H2,(H,24,28)/t17-/m1/s1. The van der Waals surface area contributed by atoms with E-state index in [-0.39, 0.29) is 11.8 Å². The molecule has 2 aliphatic heterocycles. The van der Waals surface area contributed by atoms with Crippen LogP contribution in [0.5, 0.6) is 0 Å². The molecule has 0 saturated carbocycles. The minimum atomic E-state index is 0.0591. The summed E-state index contributed by atoms with van der Waals surface area (Å²) in [5.41, 5.74) is 1.75. The number of anilines is 1. The molecular formula is C23H28N4O3. The number of rotatable bonds is 5. The van der Waals surface area contributed by atoms with Crippen molar-refractivity contribution in [3.63, 3.8) is 0 Å². The number of likely N-dealkylation sites (tertiary alicyclic amines) is 1. The quantitative estimate of drug-likeness (QED) is 0.697. The van der Waals surface area contributed by atoms with Gasteiger partial charge < -0.3 is 19.1 Å². The summed E-state index contributed by atoms with van der Waals surface area (Å²) in [6.07, 6.45) is 5.81. The first-order chi connectivity index (χ1) is 14.8. The molecule has 1 N–H and O–H groups in total. The maximum Gasteiger partial charge on any atom is 0.298 e. The van der Waals surface area contributed by atoms with Gasteiger partial charge in [-0.05, 0) is 56.5 Å². The summed E-state index contributed by atoms with van der Waals surface area (Å²) >= 11 is 0. The SMILES string of the molecule is O=C(NCc1ccco1)[C@@H]1CCCN(C2CCN(c3nc4ccccc4o3)CC2)C1. The van der Waals surface area contributed by atoms with E-state index in [1.807, 2.05) is 36.4 Å². The summed E-state index contributed by atoms with van der Waals surface area (Å²) in [6.45, 7) is 4.25. The molecule has 0 aliphatic carbocycles. The molecule has 5 rings (SSSR count). The van der Waals surface area contributed by atoms with Crippen molar-refractivity contribution in [3.8, 4) is 0 Å². The van der Waals surface area contributed by atoms with E-state index in [1.165, 1.54) is 0 Å². The molecule has 1 aromatic carbocycles. The Labute approximate surface area is 176 Å². The molecule has 2 saturated heterocycles. The van der Waals surface area contributed by atoms with Gasteiger partial charge in [0.1, 0.15) is 11.3 Å². The van der Waals surface area contributed by atoms with Crippen LogP contribution in [0.25, 0.3) is 11.1 Å². The summed E-state index contributed by atoms with van der Waals surface area (Å²) in [5, 5.41) is 3.03. The van der Waals surface area contributed by atoms with Gasteiger partial charge in [0, 0.05) is 25.7 Å². The van der Waals surface area contributed by atoms with Gasteiger partial charge in [-0.1, -0.05) is 12.1 Å². The van der Waals surface area contributed by atoms with Gasteiger partial charge in [-0.3, -0.25) is 9.69 Å². The van der Waals surface area contributed by atoms with Gasteiger partial charge in [0.15, 0.2) is 5.58 Å². The van der Waals surface area contributed by atoms with Crippen molar-refractivity contribution < 1.29 is 13.6 Å². The second kappa shape index (κ2) is 8.52. The Morgan fingerprint density at radius 2 is 1.97 bits per heavy atom. The van der Waals surface area contributed by atoms with Gasteiger partial charge >= 0.3 is 0 Å². The molecule has 0 unspecified atom stereocenters. The van der Waals surface area contributed by atoms with Crippen LogP contribution in [0.3, 0.4) is 0 Å². The first kappa shape index (κ1) is 19.2. The highest BCUT2D eigenvalue weighted by Gasteiger charge is 2.32. The smallest absolute Gasteiger partial charge is 0.298 e. The first-order valence-electron chi connectivity index (χ1n) is 10.9. The van der Waals surface area contributed by atoms with E-state index < -0.39 is 0 Å². The monoisotopic (exact) mass is 408 g/mol. The van der Waals surface area contributed by atoms with Gasteiger partial charge in [-0.2, -0.15) is 4.98 Å². The van der Waals surface area contributed by atoms with Crippen LogP contribution in [-0.2, 0) is 11.3 Å². The molecule has 0 bridgehead atoms. The van der Waals surface area contributed by atoms with E-state index >= 15 is 0 Å². The molecule has 158 valence electrons. The number of furan rings is 1. The highest BCUT2D eigenvalue weighted by molar-refractivity contribution is 5.79. The topological polar surface area (TPSA) is 74.8 Å². The van der Waals surface area contributed by atoms with Crippen LogP contribution < -0.4 is 10.2 Å². The molecule has 7 nitrogen and oxygen atoms in total. The number of benzene rings is 1. The van der Waals surface area contributed by atoms with Gasteiger partial charge in [-0.25, -0.2) is 0 Å². The van der Waals surface area contributed by atoms with Gasteiger partial charge in [0.2, 0.25) is 5.91 Å². The van der Waals surface area contributed by atoms with E-state index in [2.05, 4.69) is 20.1 Å². The zero-order valence-electron chi connectivity index (χ0n) is 17.1. The van der Waals surface area contributed by atoms with Crippen molar-refractivity contribution in [1.82, 2.24) is 15.2 Å². The molecule has 2 fully saturated rings. The van der Waals surface area contributed by atoms with E-state index in [9.17, 15) is 4.79 Å². The van der Waals surface area contributed by atoms with Crippen molar-refractivity contribution in [2.45, 2.75) is 38.3 Å². The fourth-order valence-electron chi connectivity index (χ4n) is 4.70. The fourth-order valence-corrected chi connectivity index (χ4v) is 4.70. The predicted molar refractivity (Wildman–Crippen MR) is 114 cm³/mol. The van der Waals surface area contributed by atoms with E-state index in [4.69, 9.17) is 8.83 Å². The zero-order chi connectivity index (χ0) is 20.3. The molecule has 1 atom stereocenters. The predicted octanol–water partition coefficient (Wildman–Crippen LogP) is 3.42. The number of aromatic nitrogens is 1. The lowest BCUT2D eigenvalue weighted by molar-refractivity contribution is -0.127. The lowest BCUT2D eigenvalue weighted by atomic mass is 9.93. The lowest BCUT2D eigenvalue weighted by Gasteiger charge is -2.41. The average Bonchev–Trinajstić information content (AvgIpc) is 3.47. The largest absolute Gasteiger partial charge is 0.467 e. The zero-order valence-corrected chi connectivity index (χ0v) is 17.1. The first-order valence-corrected chi connectivity index (χ1v) is 10.9. The molecule has 3 aromatic rings. The average molecular weight is 409 g/mol. The summed E-state index contributed by atoms with van der Waals surface area (Å²) in [5.74, 6) is 0.992. The van der Waals surface area contributed by atoms with Crippen molar-refractivity contribution in [2.75, 3.05) is 31.1 Å². The van der Waals surface area contributed by atoms with Crippen LogP contribution >= 0.6 is 0 Å². The number of carbonyl (C=O) groups is 1. The second-order valence-electron chi connectivity index (χ2n) is 8.31. The summed E-state index contributed by atoms with van der Waals surface area (Å²) in [7, 11) is 0. The number of piperidine rings is 2. The van der Waals surface area contributed by atoms with Crippen LogP contribution in [0, 0.1) is 5.92 Å². The molecular weight excluding hydrogens is 380 g/mol. The summed E-state index contributed by atoms with van der Waals surface area (Å²) in [6, 6.07) is 12.9.